The molecule has 0 aliphatic rings. The van der Waals surface area contributed by atoms with Crippen molar-refractivity contribution < 1.29 is 19.4 Å². The van der Waals surface area contributed by atoms with E-state index in [1.165, 1.54) is 4.68 Å². The second kappa shape index (κ2) is 6.21. The molecule has 21 heavy (non-hydrogen) atoms. The van der Waals surface area contributed by atoms with E-state index < -0.39 is 5.97 Å². The second-order valence-electron chi connectivity index (χ2n) is 4.57. The Bertz CT molecular complexity index is 676. The quantitative estimate of drug-likeness (QED) is 0.852. The monoisotopic (exact) mass is 288 g/mol. The van der Waals surface area contributed by atoms with E-state index in [1.807, 2.05) is 6.07 Å². The third-order valence-electron chi connectivity index (χ3n) is 3.03. The lowest BCUT2D eigenvalue weighted by atomic mass is 10.0. The molecule has 0 radical (unpaired) electrons. The zero-order chi connectivity index (χ0) is 15.4. The highest BCUT2D eigenvalue weighted by Crippen LogP contribution is 2.22. The molecule has 0 unspecified atom stereocenters. The van der Waals surface area contributed by atoms with Gasteiger partial charge in [-0.3, -0.25) is 9.48 Å². The molecule has 1 aromatic heterocycles. The molecule has 0 fully saturated rings. The molecule has 2 aromatic rings. The summed E-state index contributed by atoms with van der Waals surface area (Å²) in [5.41, 5.74) is 2.45. The summed E-state index contributed by atoms with van der Waals surface area (Å²) in [4.78, 5) is 22.5. The number of rotatable bonds is 5. The van der Waals surface area contributed by atoms with E-state index in [1.54, 1.807) is 38.4 Å². The summed E-state index contributed by atoms with van der Waals surface area (Å²) in [5, 5.41) is 13.2. The molecular weight excluding hydrogens is 272 g/mol. The van der Waals surface area contributed by atoms with E-state index in [2.05, 4.69) is 5.10 Å². The minimum Gasteiger partial charge on any atom is -0.478 e. The average Bonchev–Trinajstić information content (AvgIpc) is 2.87. The van der Waals surface area contributed by atoms with Gasteiger partial charge in [0, 0.05) is 11.8 Å². The molecule has 6 nitrogen and oxygen atoms in total. The summed E-state index contributed by atoms with van der Waals surface area (Å²) in [6.07, 6.45) is 3.28. The van der Waals surface area contributed by atoms with Crippen molar-refractivity contribution in [2.45, 2.75) is 20.4 Å². The van der Waals surface area contributed by atoms with E-state index in [0.29, 0.717) is 12.2 Å². The summed E-state index contributed by atoms with van der Waals surface area (Å²) in [6.45, 7) is 3.85. The van der Waals surface area contributed by atoms with Crippen LogP contribution in [0.5, 0.6) is 0 Å². The van der Waals surface area contributed by atoms with Crippen molar-refractivity contribution in [1.82, 2.24) is 9.78 Å². The van der Waals surface area contributed by atoms with Crippen molar-refractivity contribution >= 4 is 11.9 Å². The van der Waals surface area contributed by atoms with Crippen molar-refractivity contribution in [2.24, 2.45) is 0 Å². The number of carbonyl (C=O) groups is 2. The van der Waals surface area contributed by atoms with E-state index in [9.17, 15) is 9.59 Å². The van der Waals surface area contributed by atoms with Crippen molar-refractivity contribution in [3.63, 3.8) is 0 Å². The van der Waals surface area contributed by atoms with Crippen LogP contribution in [-0.4, -0.2) is 33.4 Å². The average molecular weight is 288 g/mol. The minimum absolute atomic E-state index is 0.0332. The van der Waals surface area contributed by atoms with Crippen LogP contribution in [0.2, 0.25) is 0 Å². The Morgan fingerprint density at radius 3 is 2.76 bits per heavy atom. The zero-order valence-corrected chi connectivity index (χ0v) is 11.9. The first kappa shape index (κ1) is 14.8. The normalized spacial score (nSPS) is 10.4. The number of aromatic carboxylic acids is 1. The van der Waals surface area contributed by atoms with Gasteiger partial charge in [0.15, 0.2) is 0 Å². The maximum Gasteiger partial charge on any atom is 0.335 e. The van der Waals surface area contributed by atoms with Gasteiger partial charge >= 0.3 is 11.9 Å². The first-order valence-electron chi connectivity index (χ1n) is 6.53. The van der Waals surface area contributed by atoms with Gasteiger partial charge in [0.2, 0.25) is 0 Å². The van der Waals surface area contributed by atoms with Crippen LogP contribution in [-0.2, 0) is 16.1 Å². The molecule has 6 heteroatoms. The largest absolute Gasteiger partial charge is 0.478 e. The minimum atomic E-state index is -0.965. The fourth-order valence-corrected chi connectivity index (χ4v) is 1.97. The maximum absolute atomic E-state index is 11.4. The zero-order valence-electron chi connectivity index (χ0n) is 11.9. The van der Waals surface area contributed by atoms with Crippen LogP contribution in [0.1, 0.15) is 22.8 Å². The van der Waals surface area contributed by atoms with Crippen molar-refractivity contribution in [1.29, 1.82) is 0 Å². The third kappa shape index (κ3) is 3.47. The van der Waals surface area contributed by atoms with E-state index in [4.69, 9.17) is 9.84 Å². The molecule has 0 bridgehead atoms. The topological polar surface area (TPSA) is 81.4 Å². The van der Waals surface area contributed by atoms with Gasteiger partial charge in [0.1, 0.15) is 6.54 Å². The van der Waals surface area contributed by atoms with E-state index >= 15 is 0 Å². The van der Waals surface area contributed by atoms with Gasteiger partial charge in [-0.1, -0.05) is 12.1 Å². The van der Waals surface area contributed by atoms with Crippen LogP contribution < -0.4 is 0 Å². The number of aromatic nitrogens is 2. The number of benzene rings is 1. The first-order chi connectivity index (χ1) is 10.0. The van der Waals surface area contributed by atoms with Crippen LogP contribution in [0.3, 0.4) is 0 Å². The highest BCUT2D eigenvalue weighted by Gasteiger charge is 2.11. The highest BCUT2D eigenvalue weighted by molar-refractivity contribution is 5.91. The Hall–Kier alpha value is -2.63. The molecule has 0 spiro atoms. The number of esters is 1. The number of carboxylic acid groups (broad SMARTS) is 1. The summed E-state index contributed by atoms with van der Waals surface area (Å²) < 4.78 is 6.32. The van der Waals surface area contributed by atoms with Crippen molar-refractivity contribution in [3.8, 4) is 11.1 Å². The van der Waals surface area contributed by atoms with E-state index in [0.717, 1.165) is 11.1 Å². The summed E-state index contributed by atoms with van der Waals surface area (Å²) in [6, 6.07) is 5.18. The lowest BCUT2D eigenvalue weighted by molar-refractivity contribution is -0.144. The van der Waals surface area contributed by atoms with Gasteiger partial charge in [0.25, 0.3) is 0 Å². The molecule has 0 aliphatic carbocycles. The molecule has 0 aliphatic heterocycles. The number of hydrogen-bond donors (Lipinski definition) is 1. The Balaban J connectivity index is 2.23. The summed E-state index contributed by atoms with van der Waals surface area (Å²) >= 11 is 0. The van der Waals surface area contributed by atoms with Crippen LogP contribution in [0.4, 0.5) is 0 Å². The Morgan fingerprint density at radius 2 is 2.10 bits per heavy atom. The highest BCUT2D eigenvalue weighted by atomic mass is 16.5. The Morgan fingerprint density at radius 1 is 1.33 bits per heavy atom. The van der Waals surface area contributed by atoms with Crippen molar-refractivity contribution in [2.75, 3.05) is 6.61 Å². The lowest BCUT2D eigenvalue weighted by Crippen LogP contribution is -2.13. The predicted octanol–water partition coefficient (Wildman–Crippen LogP) is 2.12. The van der Waals surface area contributed by atoms with Gasteiger partial charge in [-0.05, 0) is 31.0 Å². The number of hydrogen-bond acceptors (Lipinski definition) is 4. The lowest BCUT2D eigenvalue weighted by Gasteiger charge is -2.04. The fraction of sp³-hybridized carbons (Fsp3) is 0.267. The first-order valence-corrected chi connectivity index (χ1v) is 6.53. The molecule has 0 atom stereocenters. The second-order valence-corrected chi connectivity index (χ2v) is 4.57. The number of carboxylic acids is 1. The molecule has 0 saturated carbocycles. The van der Waals surface area contributed by atoms with Gasteiger partial charge in [-0.2, -0.15) is 5.10 Å². The van der Waals surface area contributed by atoms with E-state index in [-0.39, 0.29) is 18.1 Å². The van der Waals surface area contributed by atoms with Gasteiger partial charge in [0.05, 0.1) is 18.4 Å². The molecule has 0 amide bonds. The van der Waals surface area contributed by atoms with Gasteiger partial charge in [-0.25, -0.2) is 4.79 Å². The molecule has 1 aromatic carbocycles. The SMILES string of the molecule is CCOC(=O)Cn1cc(-c2ccc(C)c(C(=O)O)c2)cn1. The predicted molar refractivity (Wildman–Crippen MR) is 76.0 cm³/mol. The molecule has 2 rings (SSSR count). The molecule has 110 valence electrons. The Kier molecular flexibility index (Phi) is 4.37. The molecule has 0 saturated heterocycles. The molecular formula is C15H16N2O4. The Labute approximate surface area is 122 Å². The molecule has 1 heterocycles. The van der Waals surface area contributed by atoms with Crippen molar-refractivity contribution in [3.05, 3.63) is 41.7 Å². The van der Waals surface area contributed by atoms with Crippen LogP contribution >= 0.6 is 0 Å². The third-order valence-corrected chi connectivity index (χ3v) is 3.03. The number of ether oxygens (including phenoxy) is 1. The maximum atomic E-state index is 11.4. The van der Waals surface area contributed by atoms with Crippen LogP contribution in [0, 0.1) is 6.92 Å². The van der Waals surface area contributed by atoms with Crippen LogP contribution in [0.15, 0.2) is 30.6 Å². The number of carbonyl (C=O) groups excluding carboxylic acids is 1. The standard InChI is InChI=1S/C15H16N2O4/c1-3-21-14(18)9-17-8-12(7-16-17)11-5-4-10(2)13(6-11)15(19)20/h4-8H,3,9H2,1-2H3,(H,19,20). The summed E-state index contributed by atoms with van der Waals surface area (Å²) in [5.74, 6) is -1.32. The smallest absolute Gasteiger partial charge is 0.335 e. The van der Waals surface area contributed by atoms with Crippen LogP contribution in [0.25, 0.3) is 11.1 Å². The fourth-order valence-electron chi connectivity index (χ4n) is 1.97. The number of nitrogens with zero attached hydrogens (tertiary/aromatic N) is 2. The van der Waals surface area contributed by atoms with Gasteiger partial charge in [-0.15, -0.1) is 0 Å². The molecule has 1 N–H and O–H groups in total. The van der Waals surface area contributed by atoms with Gasteiger partial charge < -0.3 is 9.84 Å². The number of aryl methyl sites for hydroxylation is 1. The summed E-state index contributed by atoms with van der Waals surface area (Å²) in [7, 11) is 0.